The molecule has 0 atom stereocenters. The third kappa shape index (κ3) is 3.42. The molecule has 1 saturated heterocycles. The molecule has 1 aliphatic carbocycles. The van der Waals surface area contributed by atoms with Crippen LogP contribution in [0, 0.1) is 6.92 Å². The lowest BCUT2D eigenvalue weighted by Gasteiger charge is -2.16. The molecule has 5 heteroatoms. The van der Waals surface area contributed by atoms with Crippen LogP contribution < -0.4 is 4.74 Å². The number of nitrogens with zero attached hydrogens (tertiary/aromatic N) is 3. The third-order valence-corrected chi connectivity index (χ3v) is 7.20. The van der Waals surface area contributed by atoms with Crippen molar-refractivity contribution in [3.63, 3.8) is 0 Å². The normalized spacial score (nSPS) is 17.2. The number of ether oxygens (including phenoxy) is 1. The number of hydrogen-bond donors (Lipinski definition) is 0. The van der Waals surface area contributed by atoms with Gasteiger partial charge >= 0.3 is 0 Å². The summed E-state index contributed by atoms with van der Waals surface area (Å²) in [6.45, 7) is 6.20. The molecule has 2 aliphatic rings. The summed E-state index contributed by atoms with van der Waals surface area (Å²) >= 11 is 1.85. The van der Waals surface area contributed by atoms with Gasteiger partial charge in [0.05, 0.1) is 5.39 Å². The molecule has 0 spiro atoms. The molecule has 0 bridgehead atoms. The van der Waals surface area contributed by atoms with Gasteiger partial charge in [0.25, 0.3) is 0 Å². The molecule has 0 saturated carbocycles. The second-order valence-corrected chi connectivity index (χ2v) is 9.04. The zero-order chi connectivity index (χ0) is 18.9. The Balaban J connectivity index is 1.54. The average Bonchev–Trinajstić information content (AvgIpc) is 3.35. The van der Waals surface area contributed by atoms with Gasteiger partial charge in [-0.2, -0.15) is 4.98 Å². The van der Waals surface area contributed by atoms with Crippen LogP contribution >= 0.6 is 11.3 Å². The lowest BCUT2D eigenvalue weighted by atomic mass is 9.97. The largest absolute Gasteiger partial charge is 0.476 e. The first-order valence-electron chi connectivity index (χ1n) is 10.5. The fourth-order valence-corrected chi connectivity index (χ4v) is 5.70. The summed E-state index contributed by atoms with van der Waals surface area (Å²) in [7, 11) is 0. The summed E-state index contributed by atoms with van der Waals surface area (Å²) in [4.78, 5) is 15.0. The smallest absolute Gasteiger partial charge is 0.226 e. The summed E-state index contributed by atoms with van der Waals surface area (Å²) in [5.41, 5.74) is 3.74. The molecule has 0 unspecified atom stereocenters. The third-order valence-electron chi connectivity index (χ3n) is 6.01. The minimum Gasteiger partial charge on any atom is -0.476 e. The number of likely N-dealkylation sites (tertiary alicyclic amines) is 1. The molecule has 4 nitrogen and oxygen atoms in total. The first-order chi connectivity index (χ1) is 13.8. The maximum Gasteiger partial charge on any atom is 0.226 e. The van der Waals surface area contributed by atoms with E-state index in [4.69, 9.17) is 14.7 Å². The Kier molecular flexibility index (Phi) is 5.03. The maximum absolute atomic E-state index is 6.32. The van der Waals surface area contributed by atoms with E-state index in [9.17, 15) is 0 Å². The Hall–Kier alpha value is -1.98. The molecule has 3 heterocycles. The van der Waals surface area contributed by atoms with Crippen molar-refractivity contribution in [1.29, 1.82) is 0 Å². The van der Waals surface area contributed by atoms with Crippen molar-refractivity contribution >= 4 is 21.6 Å². The van der Waals surface area contributed by atoms with Gasteiger partial charge in [0.2, 0.25) is 5.88 Å². The summed E-state index contributed by atoms with van der Waals surface area (Å²) in [5.74, 6) is 1.59. The van der Waals surface area contributed by atoms with Gasteiger partial charge in [-0.25, -0.2) is 4.98 Å². The van der Waals surface area contributed by atoms with Crippen LogP contribution in [0.4, 0.5) is 0 Å². The molecule has 2 aromatic heterocycles. The highest BCUT2D eigenvalue weighted by Crippen LogP contribution is 2.40. The van der Waals surface area contributed by atoms with Crippen LogP contribution in [-0.4, -0.2) is 41.1 Å². The number of hydrogen-bond acceptors (Lipinski definition) is 5. The minimum atomic E-state index is 0.698. The van der Waals surface area contributed by atoms with Gasteiger partial charge in [-0.3, -0.25) is 4.90 Å². The van der Waals surface area contributed by atoms with Gasteiger partial charge in [0.1, 0.15) is 11.4 Å². The van der Waals surface area contributed by atoms with Crippen LogP contribution in [-0.2, 0) is 12.8 Å². The molecule has 3 aromatic rings. The molecule has 0 amide bonds. The number of rotatable bonds is 5. The summed E-state index contributed by atoms with van der Waals surface area (Å²) in [6.07, 6.45) is 7.46. The fraction of sp³-hybridized carbons (Fsp3) is 0.478. The van der Waals surface area contributed by atoms with E-state index in [1.807, 2.05) is 11.3 Å². The van der Waals surface area contributed by atoms with E-state index in [0.717, 1.165) is 35.1 Å². The Morgan fingerprint density at radius 2 is 1.86 bits per heavy atom. The van der Waals surface area contributed by atoms with E-state index < -0.39 is 0 Å². The van der Waals surface area contributed by atoms with Crippen molar-refractivity contribution in [3.8, 4) is 17.3 Å². The van der Waals surface area contributed by atoms with Crippen LogP contribution in [0.3, 0.4) is 0 Å². The lowest BCUT2D eigenvalue weighted by Crippen LogP contribution is -2.25. The Morgan fingerprint density at radius 1 is 1.04 bits per heavy atom. The van der Waals surface area contributed by atoms with E-state index in [-0.39, 0.29) is 0 Å². The molecule has 1 aliphatic heterocycles. The number of benzene rings is 1. The highest BCUT2D eigenvalue weighted by molar-refractivity contribution is 7.18. The first kappa shape index (κ1) is 18.1. The quantitative estimate of drug-likeness (QED) is 0.610. The summed E-state index contributed by atoms with van der Waals surface area (Å²) in [6, 6.07) is 8.35. The van der Waals surface area contributed by atoms with Gasteiger partial charge in [-0.1, -0.05) is 24.3 Å². The predicted octanol–water partition coefficient (Wildman–Crippen LogP) is 5.02. The molecule has 5 rings (SSSR count). The molecule has 146 valence electrons. The zero-order valence-corrected chi connectivity index (χ0v) is 17.4. The Morgan fingerprint density at radius 3 is 2.71 bits per heavy atom. The molecule has 1 fully saturated rings. The summed E-state index contributed by atoms with van der Waals surface area (Å²) < 4.78 is 6.32. The molecular formula is C23H27N3OS. The van der Waals surface area contributed by atoms with Crippen molar-refractivity contribution in [1.82, 2.24) is 14.9 Å². The Bertz CT molecular complexity index is 991. The number of aryl methyl sites for hydroxylation is 3. The van der Waals surface area contributed by atoms with Crippen molar-refractivity contribution in [2.75, 3.05) is 26.2 Å². The van der Waals surface area contributed by atoms with E-state index in [2.05, 4.69) is 36.1 Å². The first-order valence-corrected chi connectivity index (χ1v) is 11.3. The van der Waals surface area contributed by atoms with E-state index in [1.165, 1.54) is 66.6 Å². The van der Waals surface area contributed by atoms with Gasteiger partial charge < -0.3 is 4.74 Å². The minimum absolute atomic E-state index is 0.698. The van der Waals surface area contributed by atoms with Gasteiger partial charge in [-0.15, -0.1) is 11.3 Å². The monoisotopic (exact) mass is 393 g/mol. The van der Waals surface area contributed by atoms with Crippen LogP contribution in [0.1, 0.15) is 41.7 Å². The SMILES string of the molecule is Cc1ccccc1-c1nc(OCCN2CCCC2)c2c3c(sc2n1)CCCC3. The molecule has 28 heavy (non-hydrogen) atoms. The van der Waals surface area contributed by atoms with Gasteiger partial charge in [-0.05, 0) is 69.7 Å². The second-order valence-electron chi connectivity index (χ2n) is 7.96. The van der Waals surface area contributed by atoms with Crippen LogP contribution in [0.25, 0.3) is 21.6 Å². The van der Waals surface area contributed by atoms with Crippen LogP contribution in [0.2, 0.25) is 0 Å². The molecule has 0 N–H and O–H groups in total. The van der Waals surface area contributed by atoms with Crippen molar-refractivity contribution in [2.24, 2.45) is 0 Å². The van der Waals surface area contributed by atoms with Gasteiger partial charge in [0.15, 0.2) is 5.82 Å². The number of thiophene rings is 1. The second kappa shape index (κ2) is 7.80. The standard InChI is InChI=1S/C23H27N3OS/c1-16-8-2-3-9-17(16)21-24-22(27-15-14-26-12-6-7-13-26)20-18-10-4-5-11-19(18)28-23(20)25-21/h2-3,8-9H,4-7,10-15H2,1H3. The number of aromatic nitrogens is 2. The predicted molar refractivity (Wildman–Crippen MR) is 115 cm³/mol. The van der Waals surface area contributed by atoms with E-state index in [1.54, 1.807) is 0 Å². The van der Waals surface area contributed by atoms with Crippen molar-refractivity contribution in [3.05, 3.63) is 40.3 Å². The van der Waals surface area contributed by atoms with E-state index in [0.29, 0.717) is 6.61 Å². The summed E-state index contributed by atoms with van der Waals surface area (Å²) in [5, 5.41) is 1.18. The number of fused-ring (bicyclic) bond motifs is 3. The highest BCUT2D eigenvalue weighted by Gasteiger charge is 2.23. The fourth-order valence-electron chi connectivity index (χ4n) is 4.45. The van der Waals surface area contributed by atoms with Crippen LogP contribution in [0.5, 0.6) is 5.88 Å². The maximum atomic E-state index is 6.32. The lowest BCUT2D eigenvalue weighted by molar-refractivity contribution is 0.234. The molecule has 0 radical (unpaired) electrons. The average molecular weight is 394 g/mol. The zero-order valence-electron chi connectivity index (χ0n) is 16.5. The van der Waals surface area contributed by atoms with Crippen molar-refractivity contribution in [2.45, 2.75) is 45.4 Å². The highest BCUT2D eigenvalue weighted by atomic mass is 32.1. The molecule has 1 aromatic carbocycles. The topological polar surface area (TPSA) is 38.2 Å². The Labute approximate surface area is 170 Å². The molecular weight excluding hydrogens is 366 g/mol. The van der Waals surface area contributed by atoms with Crippen molar-refractivity contribution < 1.29 is 4.74 Å². The van der Waals surface area contributed by atoms with Crippen LogP contribution in [0.15, 0.2) is 24.3 Å². The van der Waals surface area contributed by atoms with Gasteiger partial charge in [0, 0.05) is 17.0 Å². The van der Waals surface area contributed by atoms with E-state index >= 15 is 0 Å².